The van der Waals surface area contributed by atoms with E-state index < -0.39 is 17.5 Å². The third-order valence-electron chi connectivity index (χ3n) is 2.49. The number of carbonyl (C=O) groups is 1. The fourth-order valence-corrected chi connectivity index (χ4v) is 1.94. The summed E-state index contributed by atoms with van der Waals surface area (Å²) in [5, 5.41) is 3.29. The van der Waals surface area contributed by atoms with Crippen LogP contribution in [0.15, 0.2) is 42.5 Å². The fourth-order valence-electron chi connectivity index (χ4n) is 1.57. The smallest absolute Gasteiger partial charge is 0.255 e. The van der Waals surface area contributed by atoms with Crippen LogP contribution in [0.3, 0.4) is 0 Å². The molecular weight excluding hydrogens is 316 g/mol. The van der Waals surface area contributed by atoms with E-state index in [1.807, 2.05) is 12.1 Å². The Bertz CT molecular complexity index is 579. The molecule has 1 N–H and O–H groups in total. The van der Waals surface area contributed by atoms with E-state index in [1.54, 1.807) is 12.1 Å². The predicted octanol–water partition coefficient (Wildman–Crippen LogP) is 4.11. The van der Waals surface area contributed by atoms with E-state index in [0.717, 1.165) is 29.1 Å². The summed E-state index contributed by atoms with van der Waals surface area (Å²) in [6.07, 6.45) is 0. The van der Waals surface area contributed by atoms with Crippen molar-refractivity contribution in [2.75, 3.05) is 5.32 Å². The van der Waals surface area contributed by atoms with Crippen molar-refractivity contribution in [2.45, 2.75) is 5.33 Å². The number of amides is 1. The Kier molecular flexibility index (Phi) is 4.27. The first-order valence-corrected chi connectivity index (χ1v) is 6.63. The zero-order valence-electron chi connectivity index (χ0n) is 9.79. The number of anilines is 1. The Balaban J connectivity index is 2.15. The Labute approximate surface area is 117 Å². The first-order chi connectivity index (χ1) is 9.08. The van der Waals surface area contributed by atoms with Crippen LogP contribution in [-0.4, -0.2) is 5.91 Å². The van der Waals surface area contributed by atoms with Crippen LogP contribution in [0.25, 0.3) is 0 Å². The SMILES string of the molecule is O=C(Nc1ccc(CBr)cc1)c1cc(F)cc(F)c1. The van der Waals surface area contributed by atoms with Gasteiger partial charge in [-0.25, -0.2) is 8.78 Å². The molecule has 0 saturated carbocycles. The molecule has 0 unspecified atom stereocenters. The molecule has 0 heterocycles. The number of halogens is 3. The largest absolute Gasteiger partial charge is 0.322 e. The average Bonchev–Trinajstić information content (AvgIpc) is 2.38. The van der Waals surface area contributed by atoms with E-state index in [2.05, 4.69) is 21.2 Å². The third kappa shape index (κ3) is 3.61. The monoisotopic (exact) mass is 325 g/mol. The molecule has 0 atom stereocenters. The molecule has 0 bridgehead atoms. The second-order valence-electron chi connectivity index (χ2n) is 3.94. The Morgan fingerprint density at radius 3 is 2.16 bits per heavy atom. The van der Waals surface area contributed by atoms with Crippen molar-refractivity contribution < 1.29 is 13.6 Å². The maximum absolute atomic E-state index is 13.0. The molecule has 2 aromatic rings. The molecule has 19 heavy (non-hydrogen) atoms. The lowest BCUT2D eigenvalue weighted by Crippen LogP contribution is -2.12. The van der Waals surface area contributed by atoms with Crippen molar-refractivity contribution in [3.05, 3.63) is 65.2 Å². The van der Waals surface area contributed by atoms with Crippen LogP contribution >= 0.6 is 15.9 Å². The van der Waals surface area contributed by atoms with Gasteiger partial charge in [0.2, 0.25) is 0 Å². The highest BCUT2D eigenvalue weighted by molar-refractivity contribution is 9.08. The summed E-state index contributed by atoms with van der Waals surface area (Å²) in [7, 11) is 0. The lowest BCUT2D eigenvalue weighted by atomic mass is 10.2. The molecule has 2 aromatic carbocycles. The van der Waals surface area contributed by atoms with Gasteiger partial charge in [0.25, 0.3) is 5.91 Å². The number of alkyl halides is 1. The summed E-state index contributed by atoms with van der Waals surface area (Å²) >= 11 is 3.31. The summed E-state index contributed by atoms with van der Waals surface area (Å²) in [6.45, 7) is 0. The minimum atomic E-state index is -0.778. The number of carbonyl (C=O) groups excluding carboxylic acids is 1. The molecule has 98 valence electrons. The van der Waals surface area contributed by atoms with Crippen LogP contribution in [0.1, 0.15) is 15.9 Å². The minimum absolute atomic E-state index is 0.0536. The zero-order chi connectivity index (χ0) is 13.8. The molecule has 0 aliphatic carbocycles. The van der Waals surface area contributed by atoms with Crippen molar-refractivity contribution in [3.63, 3.8) is 0 Å². The maximum atomic E-state index is 13.0. The Morgan fingerprint density at radius 2 is 1.63 bits per heavy atom. The summed E-state index contributed by atoms with van der Waals surface area (Å²) in [5.41, 5.74) is 1.58. The lowest BCUT2D eigenvalue weighted by Gasteiger charge is -2.06. The summed E-state index contributed by atoms with van der Waals surface area (Å²) in [5.74, 6) is -2.11. The summed E-state index contributed by atoms with van der Waals surface area (Å²) in [4.78, 5) is 11.8. The Hall–Kier alpha value is -1.75. The second kappa shape index (κ2) is 5.93. The quantitative estimate of drug-likeness (QED) is 0.845. The first-order valence-electron chi connectivity index (χ1n) is 5.51. The van der Waals surface area contributed by atoms with Gasteiger partial charge in [-0.2, -0.15) is 0 Å². The van der Waals surface area contributed by atoms with Crippen LogP contribution in [0.4, 0.5) is 14.5 Å². The van der Waals surface area contributed by atoms with Gasteiger partial charge in [-0.15, -0.1) is 0 Å². The molecule has 0 saturated heterocycles. The van der Waals surface area contributed by atoms with Gasteiger partial charge in [-0.1, -0.05) is 28.1 Å². The molecule has 0 aliphatic heterocycles. The highest BCUT2D eigenvalue weighted by Gasteiger charge is 2.09. The Morgan fingerprint density at radius 1 is 1.05 bits per heavy atom. The molecule has 5 heteroatoms. The van der Waals surface area contributed by atoms with Gasteiger partial charge in [-0.05, 0) is 29.8 Å². The summed E-state index contributed by atoms with van der Waals surface area (Å²) < 4.78 is 26.0. The van der Waals surface area contributed by atoms with Crippen LogP contribution in [0.5, 0.6) is 0 Å². The van der Waals surface area contributed by atoms with Crippen molar-refractivity contribution in [1.82, 2.24) is 0 Å². The molecular formula is C14H10BrF2NO. The van der Waals surface area contributed by atoms with E-state index in [0.29, 0.717) is 5.69 Å². The van der Waals surface area contributed by atoms with Crippen molar-refractivity contribution in [1.29, 1.82) is 0 Å². The number of rotatable bonds is 3. The molecule has 0 spiro atoms. The predicted molar refractivity (Wildman–Crippen MR) is 73.4 cm³/mol. The first kappa shape index (κ1) is 13.7. The zero-order valence-corrected chi connectivity index (χ0v) is 11.4. The van der Waals surface area contributed by atoms with E-state index in [9.17, 15) is 13.6 Å². The van der Waals surface area contributed by atoms with Gasteiger partial charge in [0, 0.05) is 22.6 Å². The van der Waals surface area contributed by atoms with E-state index >= 15 is 0 Å². The van der Waals surface area contributed by atoms with Gasteiger partial charge in [0.1, 0.15) is 11.6 Å². The molecule has 2 nitrogen and oxygen atoms in total. The van der Waals surface area contributed by atoms with Crippen LogP contribution < -0.4 is 5.32 Å². The maximum Gasteiger partial charge on any atom is 0.255 e. The number of nitrogens with one attached hydrogen (secondary N) is 1. The molecule has 0 aromatic heterocycles. The van der Waals surface area contributed by atoms with Crippen LogP contribution in [-0.2, 0) is 5.33 Å². The van der Waals surface area contributed by atoms with Crippen molar-refractivity contribution in [3.8, 4) is 0 Å². The second-order valence-corrected chi connectivity index (χ2v) is 4.50. The highest BCUT2D eigenvalue weighted by Crippen LogP contribution is 2.14. The standard InChI is InChI=1S/C14H10BrF2NO/c15-8-9-1-3-13(4-2-9)18-14(19)10-5-11(16)7-12(17)6-10/h1-7H,8H2,(H,18,19). The van der Waals surface area contributed by atoms with E-state index in [1.165, 1.54) is 0 Å². The van der Waals surface area contributed by atoms with E-state index in [-0.39, 0.29) is 5.56 Å². The van der Waals surface area contributed by atoms with Gasteiger partial charge >= 0.3 is 0 Å². The van der Waals surface area contributed by atoms with Gasteiger partial charge in [-0.3, -0.25) is 4.79 Å². The number of hydrogen-bond donors (Lipinski definition) is 1. The highest BCUT2D eigenvalue weighted by atomic mass is 79.9. The van der Waals surface area contributed by atoms with Crippen LogP contribution in [0.2, 0.25) is 0 Å². The molecule has 0 radical (unpaired) electrons. The number of hydrogen-bond acceptors (Lipinski definition) is 1. The molecule has 0 aliphatic rings. The summed E-state index contributed by atoms with van der Waals surface area (Å²) in [6, 6.07) is 9.85. The van der Waals surface area contributed by atoms with Gasteiger partial charge in [0.05, 0.1) is 0 Å². The van der Waals surface area contributed by atoms with E-state index in [4.69, 9.17) is 0 Å². The normalized spacial score (nSPS) is 10.3. The van der Waals surface area contributed by atoms with Gasteiger partial charge in [0.15, 0.2) is 0 Å². The van der Waals surface area contributed by atoms with Gasteiger partial charge < -0.3 is 5.32 Å². The average molecular weight is 326 g/mol. The minimum Gasteiger partial charge on any atom is -0.322 e. The van der Waals surface area contributed by atoms with Crippen LogP contribution in [0, 0.1) is 11.6 Å². The topological polar surface area (TPSA) is 29.1 Å². The molecule has 2 rings (SSSR count). The molecule has 0 fully saturated rings. The van der Waals surface area contributed by atoms with Crippen molar-refractivity contribution in [2.24, 2.45) is 0 Å². The number of benzene rings is 2. The molecule has 1 amide bonds. The third-order valence-corrected chi connectivity index (χ3v) is 3.14. The van der Waals surface area contributed by atoms with Crippen molar-refractivity contribution >= 4 is 27.5 Å². The lowest BCUT2D eigenvalue weighted by molar-refractivity contribution is 0.102. The fraction of sp³-hybridized carbons (Fsp3) is 0.0714.